The van der Waals surface area contributed by atoms with E-state index in [0.717, 1.165) is 12.1 Å². The molecule has 2 aromatic carbocycles. The number of carboxylic acids is 1. The van der Waals surface area contributed by atoms with Crippen LogP contribution in [0.4, 0.5) is 13.2 Å². The number of nitrogens with zero attached hydrogens (tertiary/aromatic N) is 3. The maximum atomic E-state index is 12.8. The first kappa shape index (κ1) is 22.5. The van der Waals surface area contributed by atoms with Gasteiger partial charge in [-0.2, -0.15) is 13.2 Å². The maximum absolute atomic E-state index is 12.8. The molecular formula is C20H16BrF3N4O3. The van der Waals surface area contributed by atoms with Crippen LogP contribution < -0.4 is 5.32 Å². The summed E-state index contributed by atoms with van der Waals surface area (Å²) in [5.74, 6) is -1.55. The van der Waals surface area contributed by atoms with E-state index >= 15 is 0 Å². The summed E-state index contributed by atoms with van der Waals surface area (Å²) in [6, 6.07) is 10.2. The van der Waals surface area contributed by atoms with E-state index in [1.54, 1.807) is 19.1 Å². The van der Waals surface area contributed by atoms with E-state index in [0.29, 0.717) is 11.1 Å². The van der Waals surface area contributed by atoms with Crippen molar-refractivity contribution in [1.82, 2.24) is 20.3 Å². The third kappa shape index (κ3) is 5.29. The molecule has 1 aromatic heterocycles. The summed E-state index contributed by atoms with van der Waals surface area (Å²) in [6.07, 6.45) is -4.43. The molecule has 3 aromatic rings. The molecule has 0 spiro atoms. The van der Waals surface area contributed by atoms with Gasteiger partial charge in [0.25, 0.3) is 5.91 Å². The molecule has 7 nitrogen and oxygen atoms in total. The molecule has 1 amide bonds. The van der Waals surface area contributed by atoms with Gasteiger partial charge in [0.05, 0.1) is 23.7 Å². The standard InChI is InChI=1S/C20H16BrF3N4O3/c1-11(13-4-6-14(7-5-13)19(30)31)25-18(29)16-17(21)26-27-28(16)10-12-2-8-15(9-3-12)20(22,23)24/h2-9,11H,10H2,1H3,(H,25,29)(H,30,31)/t11-/m0/s1. The first-order chi connectivity index (χ1) is 14.6. The number of hydrogen-bond acceptors (Lipinski definition) is 4. The van der Waals surface area contributed by atoms with Crippen LogP contribution in [0, 0.1) is 0 Å². The summed E-state index contributed by atoms with van der Waals surface area (Å²) in [5, 5.41) is 19.5. The summed E-state index contributed by atoms with van der Waals surface area (Å²) in [6.45, 7) is 1.77. The molecule has 0 unspecified atom stereocenters. The van der Waals surface area contributed by atoms with Crippen LogP contribution in [-0.2, 0) is 12.7 Å². The van der Waals surface area contributed by atoms with Crippen molar-refractivity contribution >= 4 is 27.8 Å². The number of amides is 1. The van der Waals surface area contributed by atoms with Gasteiger partial charge in [0.1, 0.15) is 0 Å². The molecule has 0 bridgehead atoms. The van der Waals surface area contributed by atoms with Crippen LogP contribution in [0.3, 0.4) is 0 Å². The summed E-state index contributed by atoms with van der Waals surface area (Å²) >= 11 is 3.17. The summed E-state index contributed by atoms with van der Waals surface area (Å²) in [7, 11) is 0. The summed E-state index contributed by atoms with van der Waals surface area (Å²) in [4.78, 5) is 23.8. The minimum Gasteiger partial charge on any atom is -0.478 e. The Morgan fingerprint density at radius 3 is 2.29 bits per heavy atom. The van der Waals surface area contributed by atoms with Gasteiger partial charge in [-0.25, -0.2) is 9.48 Å². The molecule has 31 heavy (non-hydrogen) atoms. The van der Waals surface area contributed by atoms with Crippen molar-refractivity contribution in [2.45, 2.75) is 25.7 Å². The molecular weight excluding hydrogens is 481 g/mol. The Kier molecular flexibility index (Phi) is 6.44. The van der Waals surface area contributed by atoms with Gasteiger partial charge < -0.3 is 10.4 Å². The van der Waals surface area contributed by atoms with Gasteiger partial charge in [-0.3, -0.25) is 4.79 Å². The lowest BCUT2D eigenvalue weighted by Gasteiger charge is -2.15. The number of alkyl halides is 3. The van der Waals surface area contributed by atoms with E-state index in [1.165, 1.54) is 28.9 Å². The molecule has 0 aliphatic carbocycles. The van der Waals surface area contributed by atoms with Crippen molar-refractivity contribution in [2.75, 3.05) is 0 Å². The molecule has 0 aliphatic rings. The number of rotatable bonds is 6. The Labute approximate surface area is 183 Å². The van der Waals surface area contributed by atoms with E-state index < -0.39 is 29.7 Å². The number of hydrogen-bond donors (Lipinski definition) is 2. The molecule has 0 fully saturated rings. The Morgan fingerprint density at radius 2 is 1.74 bits per heavy atom. The minimum atomic E-state index is -4.43. The second-order valence-corrected chi connectivity index (χ2v) is 7.45. The second-order valence-electron chi connectivity index (χ2n) is 6.70. The van der Waals surface area contributed by atoms with E-state index in [9.17, 15) is 22.8 Å². The van der Waals surface area contributed by atoms with Gasteiger partial charge in [-0.05, 0) is 58.2 Å². The van der Waals surface area contributed by atoms with Crippen molar-refractivity contribution in [3.63, 3.8) is 0 Å². The molecule has 1 atom stereocenters. The highest BCUT2D eigenvalue weighted by atomic mass is 79.9. The third-order valence-electron chi connectivity index (χ3n) is 4.53. The summed E-state index contributed by atoms with van der Waals surface area (Å²) < 4.78 is 39.6. The van der Waals surface area contributed by atoms with E-state index in [2.05, 4.69) is 31.6 Å². The fraction of sp³-hybridized carbons (Fsp3) is 0.200. The highest BCUT2D eigenvalue weighted by Gasteiger charge is 2.30. The molecule has 1 heterocycles. The van der Waals surface area contributed by atoms with Crippen LogP contribution in [0.5, 0.6) is 0 Å². The number of benzene rings is 2. The Hall–Kier alpha value is -3.21. The first-order valence-corrected chi connectivity index (χ1v) is 9.75. The minimum absolute atomic E-state index is 0.0428. The summed E-state index contributed by atoms with van der Waals surface area (Å²) in [5.41, 5.74) is 0.669. The lowest BCUT2D eigenvalue weighted by molar-refractivity contribution is -0.137. The number of carboxylic acid groups (broad SMARTS) is 1. The van der Waals surface area contributed by atoms with Gasteiger partial charge in [-0.15, -0.1) is 5.10 Å². The zero-order chi connectivity index (χ0) is 22.8. The van der Waals surface area contributed by atoms with Crippen molar-refractivity contribution < 1.29 is 27.9 Å². The van der Waals surface area contributed by atoms with E-state index in [4.69, 9.17) is 5.11 Å². The number of carbonyl (C=O) groups is 2. The predicted molar refractivity (Wildman–Crippen MR) is 108 cm³/mol. The number of halogens is 4. The van der Waals surface area contributed by atoms with Gasteiger partial charge >= 0.3 is 12.1 Å². The Morgan fingerprint density at radius 1 is 1.13 bits per heavy atom. The molecule has 0 radical (unpaired) electrons. The van der Waals surface area contributed by atoms with Crippen LogP contribution in [0.25, 0.3) is 0 Å². The number of aromatic nitrogens is 3. The van der Waals surface area contributed by atoms with Crippen LogP contribution in [0.1, 0.15) is 50.5 Å². The molecule has 0 saturated carbocycles. The highest BCUT2D eigenvalue weighted by molar-refractivity contribution is 9.10. The number of carbonyl (C=O) groups excluding carboxylic acids is 1. The lowest BCUT2D eigenvalue weighted by atomic mass is 10.1. The van der Waals surface area contributed by atoms with E-state index in [-0.39, 0.29) is 22.4 Å². The maximum Gasteiger partial charge on any atom is 0.416 e. The van der Waals surface area contributed by atoms with Crippen LogP contribution in [0.2, 0.25) is 0 Å². The normalized spacial score (nSPS) is 12.4. The van der Waals surface area contributed by atoms with Crippen molar-refractivity contribution in [1.29, 1.82) is 0 Å². The predicted octanol–water partition coefficient (Wildman–Crippen LogP) is 4.30. The zero-order valence-corrected chi connectivity index (χ0v) is 17.6. The lowest BCUT2D eigenvalue weighted by Crippen LogP contribution is -2.29. The van der Waals surface area contributed by atoms with Crippen LogP contribution >= 0.6 is 15.9 Å². The molecule has 11 heteroatoms. The second kappa shape index (κ2) is 8.88. The smallest absolute Gasteiger partial charge is 0.416 e. The molecule has 2 N–H and O–H groups in total. The monoisotopic (exact) mass is 496 g/mol. The van der Waals surface area contributed by atoms with Crippen molar-refractivity contribution in [2.24, 2.45) is 0 Å². The largest absolute Gasteiger partial charge is 0.478 e. The quantitative estimate of drug-likeness (QED) is 0.530. The SMILES string of the molecule is C[C@H](NC(=O)c1c(Br)nnn1Cc1ccc(C(F)(F)F)cc1)c1ccc(C(=O)O)cc1. The van der Waals surface area contributed by atoms with Gasteiger partial charge in [0.15, 0.2) is 10.3 Å². The number of nitrogens with one attached hydrogen (secondary N) is 1. The zero-order valence-electron chi connectivity index (χ0n) is 16.0. The number of aromatic carboxylic acids is 1. The molecule has 162 valence electrons. The third-order valence-corrected chi connectivity index (χ3v) is 5.06. The van der Waals surface area contributed by atoms with Crippen molar-refractivity contribution in [3.05, 3.63) is 81.1 Å². The topological polar surface area (TPSA) is 97.1 Å². The molecule has 0 saturated heterocycles. The van der Waals surface area contributed by atoms with Crippen LogP contribution in [-0.4, -0.2) is 32.0 Å². The van der Waals surface area contributed by atoms with Crippen LogP contribution in [0.15, 0.2) is 53.1 Å². The van der Waals surface area contributed by atoms with Gasteiger partial charge in [0, 0.05) is 0 Å². The van der Waals surface area contributed by atoms with Gasteiger partial charge in [0.2, 0.25) is 0 Å². The van der Waals surface area contributed by atoms with Gasteiger partial charge in [-0.1, -0.05) is 29.5 Å². The van der Waals surface area contributed by atoms with Crippen molar-refractivity contribution in [3.8, 4) is 0 Å². The molecule has 3 rings (SSSR count). The average Bonchev–Trinajstić information content (AvgIpc) is 3.07. The Balaban J connectivity index is 1.75. The highest BCUT2D eigenvalue weighted by Crippen LogP contribution is 2.29. The fourth-order valence-electron chi connectivity index (χ4n) is 2.85. The van der Waals surface area contributed by atoms with E-state index in [1.807, 2.05) is 0 Å². The molecule has 0 aliphatic heterocycles. The Bertz CT molecular complexity index is 1100. The average molecular weight is 497 g/mol. The fourth-order valence-corrected chi connectivity index (χ4v) is 3.30. The first-order valence-electron chi connectivity index (χ1n) is 8.95.